The molecular weight excluding hydrogens is 237 g/mol. The Morgan fingerprint density at radius 1 is 1.56 bits per heavy atom. The van der Waals surface area contributed by atoms with Crippen molar-refractivity contribution in [2.45, 2.75) is 18.6 Å². The van der Waals surface area contributed by atoms with E-state index in [1.165, 1.54) is 0 Å². The molecule has 1 aromatic heterocycles. The zero-order chi connectivity index (χ0) is 13.3. The van der Waals surface area contributed by atoms with Gasteiger partial charge in [0.2, 0.25) is 5.95 Å². The number of aliphatic hydroxyl groups is 1. The van der Waals surface area contributed by atoms with Crippen LogP contribution in [0, 0.1) is 5.82 Å². The monoisotopic (exact) mass is 255 g/mol. The van der Waals surface area contributed by atoms with Gasteiger partial charge in [-0.3, -0.25) is 0 Å². The Bertz CT molecular complexity index is 428. The van der Waals surface area contributed by atoms with Crippen molar-refractivity contribution in [3.8, 4) is 0 Å². The van der Waals surface area contributed by atoms with Gasteiger partial charge < -0.3 is 20.6 Å². The van der Waals surface area contributed by atoms with Crippen LogP contribution in [0.2, 0.25) is 0 Å². The van der Waals surface area contributed by atoms with E-state index in [9.17, 15) is 9.50 Å². The van der Waals surface area contributed by atoms with E-state index in [0.29, 0.717) is 25.5 Å². The maximum atomic E-state index is 13.5. The molecule has 1 aromatic rings. The smallest absolute Gasteiger partial charge is 0.227 e. The molecule has 2 atom stereocenters. The number of hydrogen-bond donors (Lipinski definition) is 2. The molecule has 0 unspecified atom stereocenters. The number of hydrogen-bond acceptors (Lipinski definition) is 6. The molecule has 0 amide bonds. The first kappa shape index (κ1) is 13.0. The molecule has 6 nitrogen and oxygen atoms in total. The third-order valence-electron chi connectivity index (χ3n) is 3.05. The summed E-state index contributed by atoms with van der Waals surface area (Å²) in [4.78, 5) is 11.5. The Balaban J connectivity index is 2.21. The van der Waals surface area contributed by atoms with Crippen molar-refractivity contribution < 1.29 is 9.50 Å². The van der Waals surface area contributed by atoms with Gasteiger partial charge in [0.05, 0.1) is 12.3 Å². The first-order chi connectivity index (χ1) is 8.49. The number of nitrogens with two attached hydrogens (primary N) is 1. The van der Waals surface area contributed by atoms with Gasteiger partial charge >= 0.3 is 0 Å². The van der Waals surface area contributed by atoms with Crippen molar-refractivity contribution in [1.82, 2.24) is 9.97 Å². The summed E-state index contributed by atoms with van der Waals surface area (Å²) < 4.78 is 13.5. The number of piperidine rings is 1. The number of nitrogens with zero attached hydrogens (tertiary/aromatic N) is 4. The molecule has 1 saturated heterocycles. The summed E-state index contributed by atoms with van der Waals surface area (Å²) >= 11 is 0. The summed E-state index contributed by atoms with van der Waals surface area (Å²) in [6, 6.07) is -0.213. The van der Waals surface area contributed by atoms with Gasteiger partial charge in [-0.1, -0.05) is 0 Å². The zero-order valence-electron chi connectivity index (χ0n) is 10.5. The number of β-amino-alcohol motifs (C(OH)–C–C–N with tert-alkyl or cyclic N) is 1. The van der Waals surface area contributed by atoms with E-state index in [0.717, 1.165) is 6.20 Å². The molecule has 1 aliphatic heterocycles. The van der Waals surface area contributed by atoms with Crippen molar-refractivity contribution in [2.75, 3.05) is 37.0 Å². The Labute approximate surface area is 105 Å². The maximum absolute atomic E-state index is 13.5. The van der Waals surface area contributed by atoms with Gasteiger partial charge in [-0.15, -0.1) is 0 Å². The first-order valence-corrected chi connectivity index (χ1v) is 5.87. The van der Waals surface area contributed by atoms with Crippen LogP contribution < -0.4 is 15.5 Å². The van der Waals surface area contributed by atoms with Crippen LogP contribution in [0.4, 0.5) is 16.2 Å². The Hall–Kier alpha value is -1.47. The summed E-state index contributed by atoms with van der Waals surface area (Å²) in [5.74, 6) is 0.202. The van der Waals surface area contributed by atoms with E-state index >= 15 is 0 Å². The molecule has 1 fully saturated rings. The molecule has 7 heteroatoms. The van der Waals surface area contributed by atoms with Gasteiger partial charge in [0.1, 0.15) is 0 Å². The number of rotatable bonds is 2. The average Bonchev–Trinajstić information content (AvgIpc) is 2.33. The molecule has 3 N–H and O–H groups in total. The van der Waals surface area contributed by atoms with Crippen LogP contribution in [0.25, 0.3) is 0 Å². The van der Waals surface area contributed by atoms with Crippen LogP contribution in [0.3, 0.4) is 0 Å². The summed E-state index contributed by atoms with van der Waals surface area (Å²) in [5.41, 5.74) is 5.74. The Morgan fingerprint density at radius 3 is 2.89 bits per heavy atom. The van der Waals surface area contributed by atoms with E-state index in [2.05, 4.69) is 9.97 Å². The molecule has 18 heavy (non-hydrogen) atoms. The molecule has 0 aliphatic carbocycles. The van der Waals surface area contributed by atoms with Gasteiger partial charge in [0, 0.05) is 33.2 Å². The molecular formula is C11H18FN5O. The van der Waals surface area contributed by atoms with E-state index in [1.807, 2.05) is 4.90 Å². The van der Waals surface area contributed by atoms with Gasteiger partial charge in [0.25, 0.3) is 0 Å². The molecule has 1 aliphatic rings. The Kier molecular flexibility index (Phi) is 3.63. The third-order valence-corrected chi connectivity index (χ3v) is 3.05. The average molecular weight is 255 g/mol. The number of anilines is 2. The number of aromatic nitrogens is 2. The lowest BCUT2D eigenvalue weighted by molar-refractivity contribution is 0.131. The summed E-state index contributed by atoms with van der Waals surface area (Å²) in [6.45, 7) is 1.04. The summed E-state index contributed by atoms with van der Waals surface area (Å²) in [6.07, 6.45) is 1.22. The molecule has 0 radical (unpaired) electrons. The van der Waals surface area contributed by atoms with E-state index in [-0.39, 0.29) is 11.9 Å². The maximum Gasteiger partial charge on any atom is 0.227 e. The number of halogens is 1. The molecule has 2 rings (SSSR count). The molecule has 0 spiro atoms. The van der Waals surface area contributed by atoms with Crippen molar-refractivity contribution >= 4 is 11.8 Å². The van der Waals surface area contributed by atoms with Crippen LogP contribution in [0.15, 0.2) is 6.20 Å². The van der Waals surface area contributed by atoms with Crippen molar-refractivity contribution in [2.24, 2.45) is 5.73 Å². The minimum absolute atomic E-state index is 0.213. The summed E-state index contributed by atoms with van der Waals surface area (Å²) in [5, 5.41) is 9.74. The SMILES string of the molecule is CN(C)c1nc(N2CC[C@@H](N)[C@H](O)C2)ncc1F. The normalized spacial score (nSPS) is 24.2. The standard InChI is InChI=1S/C11H18FN5O/c1-16(2)10-7(12)5-14-11(15-10)17-4-3-8(13)9(18)6-17/h5,8-9,18H,3-4,6,13H2,1-2H3/t8-,9-/m1/s1. The van der Waals surface area contributed by atoms with Gasteiger partial charge in [-0.25, -0.2) is 9.37 Å². The second kappa shape index (κ2) is 5.03. The van der Waals surface area contributed by atoms with Crippen LogP contribution in [-0.4, -0.2) is 54.4 Å². The summed E-state index contributed by atoms with van der Waals surface area (Å²) in [7, 11) is 3.44. The number of aliphatic hydroxyl groups excluding tert-OH is 1. The molecule has 2 heterocycles. The Morgan fingerprint density at radius 2 is 2.28 bits per heavy atom. The second-order valence-electron chi connectivity index (χ2n) is 4.70. The third kappa shape index (κ3) is 2.51. The van der Waals surface area contributed by atoms with Gasteiger partial charge in [-0.05, 0) is 6.42 Å². The van der Waals surface area contributed by atoms with Crippen molar-refractivity contribution in [1.29, 1.82) is 0 Å². The van der Waals surface area contributed by atoms with Crippen molar-refractivity contribution in [3.63, 3.8) is 0 Å². The van der Waals surface area contributed by atoms with E-state index in [1.54, 1.807) is 19.0 Å². The van der Waals surface area contributed by atoms with Gasteiger partial charge in [-0.2, -0.15) is 4.98 Å². The van der Waals surface area contributed by atoms with Crippen molar-refractivity contribution in [3.05, 3.63) is 12.0 Å². The van der Waals surface area contributed by atoms with Crippen LogP contribution in [-0.2, 0) is 0 Å². The highest BCUT2D eigenvalue weighted by atomic mass is 19.1. The topological polar surface area (TPSA) is 78.5 Å². The minimum atomic E-state index is -0.602. The van der Waals surface area contributed by atoms with E-state index in [4.69, 9.17) is 5.73 Å². The fourth-order valence-electron chi connectivity index (χ4n) is 1.95. The van der Waals surface area contributed by atoms with Gasteiger partial charge in [0.15, 0.2) is 11.6 Å². The lowest BCUT2D eigenvalue weighted by Crippen LogP contribution is -2.51. The highest BCUT2D eigenvalue weighted by molar-refractivity contribution is 5.44. The quantitative estimate of drug-likeness (QED) is 0.747. The largest absolute Gasteiger partial charge is 0.390 e. The predicted molar refractivity (Wildman–Crippen MR) is 67.1 cm³/mol. The minimum Gasteiger partial charge on any atom is -0.390 e. The molecule has 0 aromatic carbocycles. The lowest BCUT2D eigenvalue weighted by Gasteiger charge is -2.34. The highest BCUT2D eigenvalue weighted by Gasteiger charge is 2.26. The van der Waals surface area contributed by atoms with Crippen LogP contribution in [0.1, 0.15) is 6.42 Å². The van der Waals surface area contributed by atoms with Crippen LogP contribution >= 0.6 is 0 Å². The lowest BCUT2D eigenvalue weighted by atomic mass is 10.0. The van der Waals surface area contributed by atoms with Crippen LogP contribution in [0.5, 0.6) is 0 Å². The second-order valence-corrected chi connectivity index (χ2v) is 4.70. The fourth-order valence-corrected chi connectivity index (χ4v) is 1.95. The zero-order valence-corrected chi connectivity index (χ0v) is 10.5. The highest BCUT2D eigenvalue weighted by Crippen LogP contribution is 2.20. The van der Waals surface area contributed by atoms with E-state index < -0.39 is 11.9 Å². The fraction of sp³-hybridized carbons (Fsp3) is 0.636. The molecule has 100 valence electrons. The predicted octanol–water partition coefficient (Wildman–Crippen LogP) is -0.420. The first-order valence-electron chi connectivity index (χ1n) is 5.87. The molecule has 0 saturated carbocycles. The molecule has 0 bridgehead atoms.